The number of carbonyl (C=O) groups excluding carboxylic acids is 1. The number of nitrogens with zero attached hydrogens (tertiary/aromatic N) is 2. The molecule has 0 saturated carbocycles. The van der Waals surface area contributed by atoms with Crippen LogP contribution in [-0.4, -0.2) is 28.6 Å². The van der Waals surface area contributed by atoms with E-state index in [2.05, 4.69) is 9.88 Å². The van der Waals surface area contributed by atoms with E-state index in [0.717, 1.165) is 16.9 Å². The molecule has 0 fully saturated rings. The van der Waals surface area contributed by atoms with E-state index in [9.17, 15) is 4.79 Å². The summed E-state index contributed by atoms with van der Waals surface area (Å²) in [6.07, 6.45) is 1.16. The number of hydrogen-bond acceptors (Lipinski definition) is 3. The summed E-state index contributed by atoms with van der Waals surface area (Å²) in [6.45, 7) is 3.55. The van der Waals surface area contributed by atoms with Gasteiger partial charge in [-0.05, 0) is 24.3 Å². The third kappa shape index (κ3) is 4.35. The highest BCUT2D eigenvalue weighted by Gasteiger charge is 2.11. The molecular weight excluding hydrogens is 350 g/mol. The van der Waals surface area contributed by atoms with Crippen molar-refractivity contribution in [3.63, 3.8) is 0 Å². The van der Waals surface area contributed by atoms with Crippen LogP contribution in [0.5, 0.6) is 5.75 Å². The van der Waals surface area contributed by atoms with Gasteiger partial charge in [0.05, 0.1) is 22.6 Å². The number of hydrogen-bond donors (Lipinski definition) is 1. The van der Waals surface area contributed by atoms with Crippen LogP contribution in [0.25, 0.3) is 11.0 Å². The van der Waals surface area contributed by atoms with Crippen LogP contribution < -0.4 is 10.1 Å². The molecule has 0 saturated heterocycles. The SMILES string of the molecule is CCC(=O)NCCc1nc2ccccc2n1CCOc1ccccc1Cl. The van der Waals surface area contributed by atoms with Gasteiger partial charge in [-0.2, -0.15) is 0 Å². The lowest BCUT2D eigenvalue weighted by Gasteiger charge is -2.12. The van der Waals surface area contributed by atoms with E-state index >= 15 is 0 Å². The summed E-state index contributed by atoms with van der Waals surface area (Å²) in [5.41, 5.74) is 2.01. The van der Waals surface area contributed by atoms with Crippen molar-refractivity contribution < 1.29 is 9.53 Å². The van der Waals surface area contributed by atoms with Crippen LogP contribution in [0.15, 0.2) is 48.5 Å². The number of halogens is 1. The summed E-state index contributed by atoms with van der Waals surface area (Å²) in [6, 6.07) is 15.5. The minimum atomic E-state index is 0.0507. The average molecular weight is 372 g/mol. The van der Waals surface area contributed by atoms with Crippen molar-refractivity contribution >= 4 is 28.5 Å². The second kappa shape index (κ2) is 8.72. The molecule has 0 aliphatic carbocycles. The number of benzene rings is 2. The molecule has 0 bridgehead atoms. The first-order valence-electron chi connectivity index (χ1n) is 8.77. The zero-order valence-electron chi connectivity index (χ0n) is 14.7. The molecule has 0 spiro atoms. The predicted octanol–water partition coefficient (Wildman–Crippen LogP) is 3.84. The van der Waals surface area contributed by atoms with Crippen molar-refractivity contribution in [2.75, 3.05) is 13.2 Å². The molecule has 5 nitrogen and oxygen atoms in total. The van der Waals surface area contributed by atoms with Crippen molar-refractivity contribution in [1.29, 1.82) is 0 Å². The Hall–Kier alpha value is -2.53. The number of fused-ring (bicyclic) bond motifs is 1. The number of ether oxygens (including phenoxy) is 1. The van der Waals surface area contributed by atoms with Crippen LogP contribution in [-0.2, 0) is 17.8 Å². The molecule has 0 aliphatic rings. The van der Waals surface area contributed by atoms with Crippen LogP contribution in [0.2, 0.25) is 5.02 Å². The summed E-state index contributed by atoms with van der Waals surface area (Å²) in [4.78, 5) is 16.2. The standard InChI is InChI=1S/C20H22ClN3O2/c1-2-20(25)22-12-11-19-23-16-8-4-5-9-17(16)24(19)13-14-26-18-10-6-3-7-15(18)21/h3-10H,2,11-14H2,1H3,(H,22,25). The number of imidazole rings is 1. The van der Waals surface area contributed by atoms with Gasteiger partial charge in [-0.25, -0.2) is 4.98 Å². The fourth-order valence-corrected chi connectivity index (χ4v) is 3.00. The topological polar surface area (TPSA) is 56.2 Å². The number of para-hydroxylation sites is 3. The Balaban J connectivity index is 1.71. The Morgan fingerprint density at radius 1 is 1.19 bits per heavy atom. The van der Waals surface area contributed by atoms with Gasteiger partial charge in [0.15, 0.2) is 0 Å². The first-order chi connectivity index (χ1) is 12.7. The summed E-state index contributed by atoms with van der Waals surface area (Å²) in [7, 11) is 0. The molecule has 3 aromatic rings. The second-order valence-electron chi connectivity index (χ2n) is 5.90. The highest BCUT2D eigenvalue weighted by molar-refractivity contribution is 6.32. The monoisotopic (exact) mass is 371 g/mol. The quantitative estimate of drug-likeness (QED) is 0.654. The lowest BCUT2D eigenvalue weighted by atomic mass is 10.3. The highest BCUT2D eigenvalue weighted by atomic mass is 35.5. The Bertz CT molecular complexity index is 892. The molecule has 0 radical (unpaired) electrons. The highest BCUT2D eigenvalue weighted by Crippen LogP contribution is 2.23. The van der Waals surface area contributed by atoms with E-state index in [1.807, 2.05) is 55.5 Å². The molecule has 0 unspecified atom stereocenters. The Labute approximate surface area is 157 Å². The lowest BCUT2D eigenvalue weighted by molar-refractivity contribution is -0.120. The van der Waals surface area contributed by atoms with Gasteiger partial charge in [0.2, 0.25) is 5.91 Å². The first-order valence-corrected chi connectivity index (χ1v) is 9.15. The third-order valence-corrected chi connectivity index (χ3v) is 4.45. The smallest absolute Gasteiger partial charge is 0.219 e. The molecule has 26 heavy (non-hydrogen) atoms. The van der Waals surface area contributed by atoms with Gasteiger partial charge in [-0.1, -0.05) is 42.8 Å². The Kier molecular flexibility index (Phi) is 6.12. The summed E-state index contributed by atoms with van der Waals surface area (Å²) in [5.74, 6) is 1.66. The minimum Gasteiger partial charge on any atom is -0.490 e. The second-order valence-corrected chi connectivity index (χ2v) is 6.31. The van der Waals surface area contributed by atoms with Gasteiger partial charge in [-0.3, -0.25) is 4.79 Å². The van der Waals surface area contributed by atoms with E-state index in [1.165, 1.54) is 0 Å². The van der Waals surface area contributed by atoms with Crippen molar-refractivity contribution in [3.8, 4) is 5.75 Å². The molecular formula is C20H22ClN3O2. The van der Waals surface area contributed by atoms with E-state index in [4.69, 9.17) is 21.3 Å². The fourth-order valence-electron chi connectivity index (χ4n) is 2.81. The van der Waals surface area contributed by atoms with E-state index in [1.54, 1.807) is 0 Å². The zero-order chi connectivity index (χ0) is 18.4. The molecule has 1 amide bonds. The number of carbonyl (C=O) groups is 1. The van der Waals surface area contributed by atoms with Crippen molar-refractivity contribution in [1.82, 2.24) is 14.9 Å². The maximum absolute atomic E-state index is 11.4. The largest absolute Gasteiger partial charge is 0.490 e. The van der Waals surface area contributed by atoms with Crippen LogP contribution in [0.3, 0.4) is 0 Å². The minimum absolute atomic E-state index is 0.0507. The number of amides is 1. The van der Waals surface area contributed by atoms with Crippen LogP contribution in [0.4, 0.5) is 0 Å². The number of nitrogens with one attached hydrogen (secondary N) is 1. The summed E-state index contributed by atoms with van der Waals surface area (Å²) in [5, 5.41) is 3.50. The van der Waals surface area contributed by atoms with Crippen LogP contribution in [0.1, 0.15) is 19.2 Å². The van der Waals surface area contributed by atoms with E-state index in [0.29, 0.717) is 43.3 Å². The molecule has 0 atom stereocenters. The lowest BCUT2D eigenvalue weighted by Crippen LogP contribution is -2.25. The van der Waals surface area contributed by atoms with Crippen molar-refractivity contribution in [2.24, 2.45) is 0 Å². The van der Waals surface area contributed by atoms with Crippen molar-refractivity contribution in [2.45, 2.75) is 26.3 Å². The molecule has 1 N–H and O–H groups in total. The van der Waals surface area contributed by atoms with Gasteiger partial charge in [0.1, 0.15) is 18.2 Å². The van der Waals surface area contributed by atoms with Crippen LogP contribution >= 0.6 is 11.6 Å². The van der Waals surface area contributed by atoms with E-state index in [-0.39, 0.29) is 5.91 Å². The van der Waals surface area contributed by atoms with Gasteiger partial charge >= 0.3 is 0 Å². The molecule has 1 heterocycles. The van der Waals surface area contributed by atoms with Gasteiger partial charge in [-0.15, -0.1) is 0 Å². The number of aromatic nitrogens is 2. The number of rotatable bonds is 8. The summed E-state index contributed by atoms with van der Waals surface area (Å²) < 4.78 is 7.97. The fraction of sp³-hybridized carbons (Fsp3) is 0.300. The predicted molar refractivity (Wildman–Crippen MR) is 104 cm³/mol. The zero-order valence-corrected chi connectivity index (χ0v) is 15.5. The summed E-state index contributed by atoms with van der Waals surface area (Å²) >= 11 is 6.14. The maximum atomic E-state index is 11.4. The van der Waals surface area contributed by atoms with Crippen LogP contribution in [0, 0.1) is 0 Å². The maximum Gasteiger partial charge on any atom is 0.219 e. The molecule has 3 rings (SSSR count). The normalized spacial score (nSPS) is 10.8. The van der Waals surface area contributed by atoms with Gasteiger partial charge < -0.3 is 14.6 Å². The molecule has 1 aromatic heterocycles. The third-order valence-electron chi connectivity index (χ3n) is 4.13. The molecule has 0 aliphatic heterocycles. The Morgan fingerprint density at radius 3 is 2.77 bits per heavy atom. The first kappa shape index (κ1) is 18.3. The van der Waals surface area contributed by atoms with Gasteiger partial charge in [0.25, 0.3) is 0 Å². The Morgan fingerprint density at radius 2 is 1.96 bits per heavy atom. The van der Waals surface area contributed by atoms with E-state index < -0.39 is 0 Å². The molecule has 2 aromatic carbocycles. The van der Waals surface area contributed by atoms with Gasteiger partial charge in [0, 0.05) is 19.4 Å². The molecule has 6 heteroatoms. The average Bonchev–Trinajstić information content (AvgIpc) is 3.01. The molecule has 136 valence electrons. The van der Waals surface area contributed by atoms with Crippen molar-refractivity contribution in [3.05, 3.63) is 59.4 Å².